The Balaban J connectivity index is 1.65. The van der Waals surface area contributed by atoms with Crippen LogP contribution in [0.3, 0.4) is 0 Å². The third-order valence-corrected chi connectivity index (χ3v) is 3.86. The van der Waals surface area contributed by atoms with Crippen LogP contribution in [0.25, 0.3) is 0 Å². The molecule has 0 unspecified atom stereocenters. The lowest BCUT2D eigenvalue weighted by Crippen LogP contribution is -2.31. The van der Waals surface area contributed by atoms with E-state index in [0.717, 1.165) is 50.5 Å². The summed E-state index contributed by atoms with van der Waals surface area (Å²) < 4.78 is 0. The number of fused-ring (bicyclic) bond motifs is 1. The lowest BCUT2D eigenvalue weighted by molar-refractivity contribution is 0.667. The number of nitrogens with one attached hydrogen (secondary N) is 1. The van der Waals surface area contributed by atoms with Gasteiger partial charge in [-0.05, 0) is 30.5 Å². The fourth-order valence-corrected chi connectivity index (χ4v) is 2.68. The van der Waals surface area contributed by atoms with Crippen molar-refractivity contribution in [1.29, 1.82) is 0 Å². The van der Waals surface area contributed by atoms with Crippen molar-refractivity contribution in [1.82, 2.24) is 15.3 Å². The van der Waals surface area contributed by atoms with Crippen LogP contribution in [-0.4, -0.2) is 23.1 Å². The summed E-state index contributed by atoms with van der Waals surface area (Å²) in [7, 11) is 0. The molecule has 2 heterocycles. The Bertz CT molecular complexity index is 580. The maximum Gasteiger partial charge on any atom is 0.225 e. The monoisotopic (exact) mass is 282 g/mol. The summed E-state index contributed by atoms with van der Waals surface area (Å²) in [5.41, 5.74) is 3.99. The smallest absolute Gasteiger partial charge is 0.225 e. The molecular formula is C17H22N4. The van der Waals surface area contributed by atoms with Gasteiger partial charge < -0.3 is 10.2 Å². The minimum absolute atomic E-state index is 0.837. The van der Waals surface area contributed by atoms with Crippen molar-refractivity contribution in [3.63, 3.8) is 0 Å². The maximum absolute atomic E-state index is 4.53. The average molecular weight is 282 g/mol. The number of hydrogen-bond acceptors (Lipinski definition) is 4. The Labute approximate surface area is 126 Å². The third-order valence-electron chi connectivity index (χ3n) is 3.86. The summed E-state index contributed by atoms with van der Waals surface area (Å²) in [5.74, 6) is 0.837. The molecule has 4 heteroatoms. The van der Waals surface area contributed by atoms with Crippen LogP contribution in [-0.2, 0) is 19.5 Å². The van der Waals surface area contributed by atoms with Gasteiger partial charge in [-0.1, -0.05) is 31.2 Å². The first-order chi connectivity index (χ1) is 10.4. The van der Waals surface area contributed by atoms with Gasteiger partial charge in [-0.25, -0.2) is 9.97 Å². The average Bonchev–Trinajstić information content (AvgIpc) is 2.55. The fraction of sp³-hybridized carbons (Fsp3) is 0.412. The van der Waals surface area contributed by atoms with Gasteiger partial charge in [-0.2, -0.15) is 0 Å². The number of nitrogens with zero attached hydrogens (tertiary/aromatic N) is 3. The first-order valence-corrected chi connectivity index (χ1v) is 7.70. The van der Waals surface area contributed by atoms with E-state index in [1.807, 2.05) is 12.4 Å². The highest BCUT2D eigenvalue weighted by Crippen LogP contribution is 2.21. The Morgan fingerprint density at radius 2 is 1.90 bits per heavy atom. The second-order valence-corrected chi connectivity index (χ2v) is 5.51. The Morgan fingerprint density at radius 1 is 1.14 bits per heavy atom. The van der Waals surface area contributed by atoms with Crippen molar-refractivity contribution in [2.75, 3.05) is 18.0 Å². The highest BCUT2D eigenvalue weighted by atomic mass is 15.2. The quantitative estimate of drug-likeness (QED) is 0.856. The number of hydrogen-bond donors (Lipinski definition) is 1. The van der Waals surface area contributed by atoms with Gasteiger partial charge in [0.1, 0.15) is 0 Å². The molecule has 0 atom stereocenters. The molecule has 4 nitrogen and oxygen atoms in total. The van der Waals surface area contributed by atoms with Crippen LogP contribution in [0.2, 0.25) is 0 Å². The van der Waals surface area contributed by atoms with Crippen LogP contribution in [0.1, 0.15) is 30.0 Å². The van der Waals surface area contributed by atoms with Crippen LogP contribution in [0, 0.1) is 0 Å². The first kappa shape index (κ1) is 14.0. The minimum atomic E-state index is 0.837. The fourth-order valence-electron chi connectivity index (χ4n) is 2.68. The molecule has 3 rings (SSSR count). The van der Waals surface area contributed by atoms with Gasteiger partial charge in [-0.3, -0.25) is 0 Å². The predicted molar refractivity (Wildman–Crippen MR) is 85.2 cm³/mol. The molecule has 0 fully saturated rings. The van der Waals surface area contributed by atoms with Crippen LogP contribution in [0.15, 0.2) is 36.7 Å². The summed E-state index contributed by atoms with van der Waals surface area (Å²) in [6, 6.07) is 8.63. The topological polar surface area (TPSA) is 41.1 Å². The van der Waals surface area contributed by atoms with E-state index in [0.29, 0.717) is 0 Å². The van der Waals surface area contributed by atoms with E-state index in [-0.39, 0.29) is 0 Å². The van der Waals surface area contributed by atoms with Gasteiger partial charge in [0, 0.05) is 37.6 Å². The lowest BCUT2D eigenvalue weighted by Gasteiger charge is -2.28. The van der Waals surface area contributed by atoms with E-state index < -0.39 is 0 Å². The summed E-state index contributed by atoms with van der Waals surface area (Å²) >= 11 is 0. The molecular weight excluding hydrogens is 260 g/mol. The molecule has 1 N–H and O–H groups in total. The zero-order chi connectivity index (χ0) is 14.5. The van der Waals surface area contributed by atoms with Crippen LogP contribution in [0.5, 0.6) is 0 Å². The molecule has 1 aromatic heterocycles. The molecule has 21 heavy (non-hydrogen) atoms. The van der Waals surface area contributed by atoms with Crippen molar-refractivity contribution in [2.24, 2.45) is 0 Å². The normalized spacial score (nSPS) is 14.0. The Hall–Kier alpha value is -1.94. The summed E-state index contributed by atoms with van der Waals surface area (Å²) in [4.78, 5) is 11.3. The van der Waals surface area contributed by atoms with Crippen molar-refractivity contribution in [3.8, 4) is 0 Å². The second kappa shape index (κ2) is 6.68. The molecule has 1 aliphatic heterocycles. The molecule has 0 saturated carbocycles. The lowest BCUT2D eigenvalue weighted by atomic mass is 10.0. The van der Waals surface area contributed by atoms with Gasteiger partial charge in [0.2, 0.25) is 5.95 Å². The first-order valence-electron chi connectivity index (χ1n) is 7.70. The van der Waals surface area contributed by atoms with Gasteiger partial charge in [-0.15, -0.1) is 0 Å². The van der Waals surface area contributed by atoms with Gasteiger partial charge in [0.15, 0.2) is 0 Å². The van der Waals surface area contributed by atoms with Crippen molar-refractivity contribution < 1.29 is 0 Å². The van der Waals surface area contributed by atoms with E-state index in [2.05, 4.69) is 51.4 Å². The highest BCUT2D eigenvalue weighted by Gasteiger charge is 2.17. The molecule has 0 aliphatic carbocycles. The molecule has 0 bridgehead atoms. The molecule has 0 spiro atoms. The van der Waals surface area contributed by atoms with Crippen molar-refractivity contribution in [3.05, 3.63) is 53.3 Å². The molecule has 0 amide bonds. The zero-order valence-corrected chi connectivity index (χ0v) is 12.5. The predicted octanol–water partition coefficient (Wildman–Crippen LogP) is 2.54. The maximum atomic E-state index is 4.53. The SMILES string of the molecule is CCCNCc1cnc(N2CCc3ccccc3C2)nc1. The van der Waals surface area contributed by atoms with E-state index in [1.165, 1.54) is 11.1 Å². The summed E-state index contributed by atoms with van der Waals surface area (Å²) in [6.45, 7) is 5.94. The largest absolute Gasteiger partial charge is 0.336 e. The van der Waals surface area contributed by atoms with Crippen LogP contribution < -0.4 is 10.2 Å². The zero-order valence-electron chi connectivity index (χ0n) is 12.5. The minimum Gasteiger partial charge on any atom is -0.336 e. The van der Waals surface area contributed by atoms with E-state index >= 15 is 0 Å². The van der Waals surface area contributed by atoms with Crippen molar-refractivity contribution in [2.45, 2.75) is 32.9 Å². The third kappa shape index (κ3) is 3.39. The molecule has 2 aromatic rings. The molecule has 0 radical (unpaired) electrons. The summed E-state index contributed by atoms with van der Waals surface area (Å²) in [6.07, 6.45) is 6.09. The van der Waals surface area contributed by atoms with Crippen LogP contribution in [0.4, 0.5) is 5.95 Å². The second-order valence-electron chi connectivity index (χ2n) is 5.51. The van der Waals surface area contributed by atoms with Crippen molar-refractivity contribution >= 4 is 5.95 Å². The molecule has 0 saturated heterocycles. The van der Waals surface area contributed by atoms with Gasteiger partial charge in [0.05, 0.1) is 0 Å². The number of aromatic nitrogens is 2. The number of rotatable bonds is 5. The standard InChI is InChI=1S/C17H22N4/c1-2-8-18-10-14-11-19-17(20-12-14)21-9-7-15-5-3-4-6-16(15)13-21/h3-6,11-12,18H,2,7-10,13H2,1H3. The number of benzene rings is 1. The summed E-state index contributed by atoms with van der Waals surface area (Å²) in [5, 5.41) is 3.37. The Kier molecular flexibility index (Phi) is 4.46. The van der Waals surface area contributed by atoms with E-state index in [4.69, 9.17) is 0 Å². The Morgan fingerprint density at radius 3 is 2.67 bits per heavy atom. The molecule has 110 valence electrons. The van der Waals surface area contributed by atoms with Gasteiger partial charge in [0.25, 0.3) is 0 Å². The van der Waals surface area contributed by atoms with Gasteiger partial charge >= 0.3 is 0 Å². The highest BCUT2D eigenvalue weighted by molar-refractivity contribution is 5.39. The molecule has 1 aliphatic rings. The van der Waals surface area contributed by atoms with E-state index in [1.54, 1.807) is 0 Å². The van der Waals surface area contributed by atoms with E-state index in [9.17, 15) is 0 Å². The van der Waals surface area contributed by atoms with Crippen LogP contribution >= 0.6 is 0 Å². The molecule has 1 aromatic carbocycles. The number of anilines is 1.